The Morgan fingerprint density at radius 1 is 1.18 bits per heavy atom. The van der Waals surface area contributed by atoms with Gasteiger partial charge in [-0.1, -0.05) is 30.3 Å². The van der Waals surface area contributed by atoms with E-state index >= 15 is 0 Å². The molecule has 5 nitrogen and oxygen atoms in total. The summed E-state index contributed by atoms with van der Waals surface area (Å²) in [5.74, 6) is 0. The second-order valence-corrected chi connectivity index (χ2v) is 5.36. The Morgan fingerprint density at radius 2 is 1.95 bits per heavy atom. The first-order valence-corrected chi connectivity index (χ1v) is 7.30. The molecule has 0 atom stereocenters. The highest BCUT2D eigenvalue weighted by Crippen LogP contribution is 2.24. The molecule has 0 fully saturated rings. The van der Waals surface area contributed by atoms with Gasteiger partial charge in [0.15, 0.2) is 0 Å². The van der Waals surface area contributed by atoms with E-state index in [0.29, 0.717) is 0 Å². The molecule has 0 aliphatic heterocycles. The van der Waals surface area contributed by atoms with Gasteiger partial charge in [0, 0.05) is 24.1 Å². The average molecular weight is 295 g/mol. The Bertz CT molecular complexity index is 809. The molecular weight excluding hydrogens is 278 g/mol. The summed E-state index contributed by atoms with van der Waals surface area (Å²) in [5.41, 5.74) is 3.21. The summed E-state index contributed by atoms with van der Waals surface area (Å²) >= 11 is 0. The van der Waals surface area contributed by atoms with Crippen LogP contribution >= 0.6 is 0 Å². The lowest BCUT2D eigenvalue weighted by Gasteiger charge is -2.04. The number of nitrogens with zero attached hydrogens (tertiary/aromatic N) is 3. The smallest absolute Gasteiger partial charge is 0.265 e. The van der Waals surface area contributed by atoms with Crippen LogP contribution in [0.1, 0.15) is 17.7 Å². The van der Waals surface area contributed by atoms with E-state index in [4.69, 9.17) is 0 Å². The summed E-state index contributed by atoms with van der Waals surface area (Å²) in [7, 11) is 0. The molecule has 0 saturated carbocycles. The summed E-state index contributed by atoms with van der Waals surface area (Å²) in [6.07, 6.45) is 1.98. The van der Waals surface area contributed by atoms with Crippen molar-refractivity contribution in [2.75, 3.05) is 0 Å². The van der Waals surface area contributed by atoms with Gasteiger partial charge >= 0.3 is 0 Å². The van der Waals surface area contributed by atoms with Crippen LogP contribution in [0.2, 0.25) is 0 Å². The second-order valence-electron chi connectivity index (χ2n) is 5.36. The van der Waals surface area contributed by atoms with Gasteiger partial charge in [0.25, 0.3) is 5.69 Å². The number of hydrogen-bond donors (Lipinski definition) is 0. The van der Waals surface area contributed by atoms with Gasteiger partial charge in [-0.05, 0) is 31.4 Å². The van der Waals surface area contributed by atoms with E-state index in [2.05, 4.69) is 17.2 Å². The first-order chi connectivity index (χ1) is 10.6. The predicted octanol–water partition coefficient (Wildman–Crippen LogP) is 3.89. The van der Waals surface area contributed by atoms with Crippen LogP contribution in [0.4, 0.5) is 5.69 Å². The highest BCUT2D eigenvalue weighted by atomic mass is 16.6. The fraction of sp³-hybridized carbons (Fsp3) is 0.235. The first-order valence-electron chi connectivity index (χ1n) is 7.30. The fourth-order valence-electron chi connectivity index (χ4n) is 2.69. The summed E-state index contributed by atoms with van der Waals surface area (Å²) in [4.78, 5) is 10.5. The number of non-ortho nitro benzene ring substituents is 1. The van der Waals surface area contributed by atoms with E-state index < -0.39 is 0 Å². The maximum absolute atomic E-state index is 10.9. The quantitative estimate of drug-likeness (QED) is 0.530. The van der Waals surface area contributed by atoms with Gasteiger partial charge in [0.1, 0.15) is 0 Å². The molecule has 112 valence electrons. The Balaban J connectivity index is 1.78. The number of aryl methyl sites for hydroxylation is 3. The van der Waals surface area contributed by atoms with Crippen LogP contribution in [0, 0.1) is 17.0 Å². The van der Waals surface area contributed by atoms with E-state index in [-0.39, 0.29) is 10.6 Å². The Kier molecular flexibility index (Phi) is 3.87. The van der Waals surface area contributed by atoms with Gasteiger partial charge in [-0.25, -0.2) is 0 Å². The normalized spacial score (nSPS) is 11.0. The molecule has 0 unspecified atom stereocenters. The maximum atomic E-state index is 10.9. The molecule has 1 heterocycles. The molecule has 1 aromatic heterocycles. The van der Waals surface area contributed by atoms with Crippen LogP contribution in [0.25, 0.3) is 10.9 Å². The van der Waals surface area contributed by atoms with E-state index in [1.807, 2.05) is 29.8 Å². The molecule has 0 bridgehead atoms. The molecule has 3 rings (SSSR count). The highest BCUT2D eigenvalue weighted by Gasteiger charge is 2.12. The number of benzene rings is 2. The molecule has 0 radical (unpaired) electrons. The molecule has 0 spiro atoms. The third-order valence-electron chi connectivity index (χ3n) is 3.81. The number of nitro benzene ring substituents is 1. The van der Waals surface area contributed by atoms with Crippen molar-refractivity contribution in [1.29, 1.82) is 0 Å². The molecule has 0 aliphatic rings. The van der Waals surface area contributed by atoms with Crippen molar-refractivity contribution < 1.29 is 4.92 Å². The summed E-state index contributed by atoms with van der Waals surface area (Å²) in [5, 5.41) is 16.2. The lowest BCUT2D eigenvalue weighted by atomic mass is 10.1. The Morgan fingerprint density at radius 3 is 2.68 bits per heavy atom. The van der Waals surface area contributed by atoms with Crippen LogP contribution in [0.3, 0.4) is 0 Å². The maximum Gasteiger partial charge on any atom is 0.270 e. The van der Waals surface area contributed by atoms with E-state index in [0.717, 1.165) is 36.0 Å². The molecule has 0 N–H and O–H groups in total. The third-order valence-corrected chi connectivity index (χ3v) is 3.81. The van der Waals surface area contributed by atoms with Crippen molar-refractivity contribution in [1.82, 2.24) is 9.78 Å². The van der Waals surface area contributed by atoms with Crippen LogP contribution in [-0.4, -0.2) is 14.7 Å². The van der Waals surface area contributed by atoms with Crippen molar-refractivity contribution in [2.45, 2.75) is 26.3 Å². The fourth-order valence-corrected chi connectivity index (χ4v) is 2.69. The summed E-state index contributed by atoms with van der Waals surface area (Å²) in [6.45, 7) is 2.69. The van der Waals surface area contributed by atoms with Gasteiger partial charge in [-0.15, -0.1) is 0 Å². The zero-order chi connectivity index (χ0) is 15.5. The van der Waals surface area contributed by atoms with Gasteiger partial charge in [0.2, 0.25) is 0 Å². The number of rotatable bonds is 5. The number of hydrogen-bond acceptors (Lipinski definition) is 3. The molecule has 5 heteroatoms. The van der Waals surface area contributed by atoms with Crippen molar-refractivity contribution in [3.63, 3.8) is 0 Å². The zero-order valence-electron chi connectivity index (χ0n) is 12.4. The zero-order valence-corrected chi connectivity index (χ0v) is 12.4. The topological polar surface area (TPSA) is 61.0 Å². The van der Waals surface area contributed by atoms with Gasteiger partial charge in [0.05, 0.1) is 16.1 Å². The van der Waals surface area contributed by atoms with Crippen molar-refractivity contribution in [2.24, 2.45) is 0 Å². The van der Waals surface area contributed by atoms with Gasteiger partial charge in [-0.3, -0.25) is 14.8 Å². The van der Waals surface area contributed by atoms with Crippen molar-refractivity contribution >= 4 is 16.6 Å². The highest BCUT2D eigenvalue weighted by molar-refractivity contribution is 5.84. The molecule has 0 saturated heterocycles. The van der Waals surface area contributed by atoms with E-state index in [9.17, 15) is 10.1 Å². The lowest BCUT2D eigenvalue weighted by Crippen LogP contribution is -2.01. The first kappa shape index (κ1) is 14.3. The van der Waals surface area contributed by atoms with E-state index in [1.165, 1.54) is 11.6 Å². The number of aromatic nitrogens is 2. The van der Waals surface area contributed by atoms with Crippen LogP contribution < -0.4 is 0 Å². The Hall–Kier alpha value is -2.69. The number of nitro groups is 1. The molecule has 0 amide bonds. The molecule has 3 aromatic rings. The van der Waals surface area contributed by atoms with Gasteiger partial charge in [-0.2, -0.15) is 5.10 Å². The minimum absolute atomic E-state index is 0.111. The Labute approximate surface area is 128 Å². The largest absolute Gasteiger partial charge is 0.270 e. The third kappa shape index (κ3) is 2.83. The average Bonchev–Trinajstić information content (AvgIpc) is 2.84. The van der Waals surface area contributed by atoms with E-state index in [1.54, 1.807) is 12.1 Å². The minimum Gasteiger partial charge on any atom is -0.265 e. The van der Waals surface area contributed by atoms with Crippen LogP contribution in [0.5, 0.6) is 0 Å². The van der Waals surface area contributed by atoms with Crippen LogP contribution in [-0.2, 0) is 13.0 Å². The summed E-state index contributed by atoms with van der Waals surface area (Å²) in [6, 6.07) is 15.3. The van der Waals surface area contributed by atoms with Gasteiger partial charge < -0.3 is 0 Å². The second kappa shape index (κ2) is 5.97. The molecule has 2 aromatic carbocycles. The monoisotopic (exact) mass is 295 g/mol. The van der Waals surface area contributed by atoms with Crippen molar-refractivity contribution in [3.05, 3.63) is 69.9 Å². The lowest BCUT2D eigenvalue weighted by molar-refractivity contribution is -0.384. The molecular formula is C17H17N3O2. The van der Waals surface area contributed by atoms with Crippen molar-refractivity contribution in [3.8, 4) is 0 Å². The summed E-state index contributed by atoms with van der Waals surface area (Å²) < 4.78 is 1.94. The minimum atomic E-state index is -0.369. The molecule has 0 aliphatic carbocycles. The standard InChI is InChI=1S/C17H17N3O2/c1-13-16-12-15(20(21)22)9-10-17(16)19(18-13)11-5-8-14-6-3-2-4-7-14/h2-4,6-7,9-10,12H,5,8,11H2,1H3. The predicted molar refractivity (Wildman–Crippen MR) is 85.9 cm³/mol. The molecule has 22 heavy (non-hydrogen) atoms. The number of fused-ring (bicyclic) bond motifs is 1. The van der Waals surface area contributed by atoms with Crippen LogP contribution in [0.15, 0.2) is 48.5 Å². The SMILES string of the molecule is Cc1nn(CCCc2ccccc2)c2ccc([N+](=O)[O-])cc12.